The van der Waals surface area contributed by atoms with E-state index in [0.29, 0.717) is 65.9 Å². The number of carbonyl (C=O) groups excluding carboxylic acids is 1. The Morgan fingerprint density at radius 2 is 1.76 bits per heavy atom. The van der Waals surface area contributed by atoms with Crippen molar-refractivity contribution in [2.75, 3.05) is 46.0 Å². The second-order valence-corrected chi connectivity index (χ2v) is 32.3. The first-order valence-corrected chi connectivity index (χ1v) is 38.1. The molecule has 5 aromatic rings. The summed E-state index contributed by atoms with van der Waals surface area (Å²) in [7, 11) is 5.57. The molecule has 16 heteroatoms. The first-order valence-electron chi connectivity index (χ1n) is 35.7. The van der Waals surface area contributed by atoms with Crippen molar-refractivity contribution in [2.45, 2.75) is 168 Å². The number of aromatic hydroxyl groups is 2. The predicted octanol–water partition coefficient (Wildman–Crippen LogP) is 12.2. The van der Waals surface area contributed by atoms with Gasteiger partial charge in [0.2, 0.25) is 0 Å². The molecule has 2 spiro atoms. The molecule has 1 unspecified atom stereocenters. The standard InChI is InChI=1S/C81H90N4O10S2/c1-46(88)92-43-64-58-20-21-60-70-53(35-57(89)36-67(70)93-45-87)38-80-30-27-52(37-80)73-59-23-26-69(82)85-65(59)24-19-50-17-18-51(31-48-13-9-15-55(32-48)81(73)28-7-4-8-29-81)63(42-91-2)54(41-86)39-83-40-62-71(50)72(76(64)94-77(58)74(60)80)61-22-25-66-79(95-78(61)75(62)90)68(34-47-11-5-3-6-12-47)97-96-44-49-14-10-16-56(33-49)84-66/h3,5-6,9,11-13,15,20-23,25-26,32,35-36,49-52,54,56,63-64,66,68-69,73,76,79,83-87,89-90H,4,7-8,10,14,16,27-31,33-34,37-45,82H2,1-2H3/t49-,50+,51+,52+,54-,56-,63-,64+,66+,68+,69?,73-,76+,79-,80+/m1/s1. The average molecular weight is 1340 g/mol. The third-order valence-corrected chi connectivity index (χ3v) is 27.0. The van der Waals surface area contributed by atoms with Gasteiger partial charge in [-0.15, -0.1) is 0 Å². The van der Waals surface area contributed by atoms with E-state index in [0.717, 1.165) is 127 Å². The van der Waals surface area contributed by atoms with Gasteiger partial charge in [0.15, 0.2) is 18.3 Å². The molecule has 5 aliphatic carbocycles. The van der Waals surface area contributed by atoms with Gasteiger partial charge in [-0.1, -0.05) is 150 Å². The lowest BCUT2D eigenvalue weighted by molar-refractivity contribution is -0.141. The van der Waals surface area contributed by atoms with Gasteiger partial charge in [-0.05, 0) is 145 Å². The zero-order valence-electron chi connectivity index (χ0n) is 55.6. The second kappa shape index (κ2) is 27.0. The van der Waals surface area contributed by atoms with Crippen molar-refractivity contribution in [3.63, 3.8) is 0 Å². The number of ether oxygens (including phenoxy) is 5. The van der Waals surface area contributed by atoms with Gasteiger partial charge in [0, 0.05) is 114 Å². The van der Waals surface area contributed by atoms with Gasteiger partial charge in [0.05, 0.1) is 35.7 Å². The number of rotatable bonds is 9. The number of methoxy groups -OCH3 is 1. The molecule has 16 rings (SSSR count). The van der Waals surface area contributed by atoms with Crippen LogP contribution >= 0.6 is 21.6 Å². The van der Waals surface area contributed by atoms with Gasteiger partial charge < -0.3 is 65.8 Å². The van der Waals surface area contributed by atoms with E-state index in [-0.39, 0.29) is 83.6 Å². The van der Waals surface area contributed by atoms with Crippen LogP contribution in [0.2, 0.25) is 0 Å². The minimum absolute atomic E-state index is 0.0167. The lowest BCUT2D eigenvalue weighted by Crippen LogP contribution is -2.52. The molecule has 0 aromatic heterocycles. The van der Waals surface area contributed by atoms with E-state index in [9.17, 15) is 25.2 Å². The molecule has 1 saturated heterocycles. The first kappa shape index (κ1) is 64.8. The maximum absolute atomic E-state index is 14.1. The SMILES string of the molecule is COC[C@H]1[C@@H](CO)CNCc2c(O)c3c(c4c2[C@@H]2C#CC5=C(C=CC(N)N5)[C@@H]([C@H]5CC[C@@]6(Cc7cc(O)cc(OCO)c7-c7ccc8c(c76)O[C@H]4[C@H]8COC(C)=O)C5)C4(CCCCC4)c4cccc(c4)C[C@@H]1C#C2)C=C[C@@H]1N[C@@H]2CCC[C@@H](CSS[C@@H](Cc4ccccc4)[C@@H]1O3)C2. The number of aliphatic hydroxyl groups is 2. The molecule has 0 radical (unpaired) electrons. The van der Waals surface area contributed by atoms with Crippen molar-refractivity contribution in [2.24, 2.45) is 41.2 Å². The van der Waals surface area contributed by atoms with Crippen LogP contribution in [0.5, 0.6) is 28.7 Å². The molecule has 11 bridgehead atoms. The fraction of sp³-hybridized carbons (Fsp3) is 0.494. The Bertz CT molecular complexity index is 4110. The van der Waals surface area contributed by atoms with Crippen LogP contribution in [0.3, 0.4) is 0 Å². The highest BCUT2D eigenvalue weighted by molar-refractivity contribution is 8.77. The molecule has 6 aliphatic heterocycles. The summed E-state index contributed by atoms with van der Waals surface area (Å²) in [6.07, 6.45) is 20.9. The Morgan fingerprint density at radius 3 is 2.60 bits per heavy atom. The topological polar surface area (TPSA) is 206 Å². The number of hydrogen-bond donors (Lipinski definition) is 8. The highest BCUT2D eigenvalue weighted by Gasteiger charge is 2.57. The Kier molecular flexibility index (Phi) is 18.1. The number of phenols is 2. The molecule has 4 fully saturated rings. The third kappa shape index (κ3) is 11.8. The summed E-state index contributed by atoms with van der Waals surface area (Å²) in [4.78, 5) is 13.6. The molecule has 15 atom stereocenters. The molecule has 506 valence electrons. The quantitative estimate of drug-likeness (QED) is 0.0299. The van der Waals surface area contributed by atoms with Crippen LogP contribution in [0, 0.1) is 59.2 Å². The molecule has 11 aliphatic rings. The maximum Gasteiger partial charge on any atom is 0.302 e. The summed E-state index contributed by atoms with van der Waals surface area (Å²) < 4.78 is 34.8. The number of fused-ring (bicyclic) bond motifs is 16. The lowest BCUT2D eigenvalue weighted by Gasteiger charge is -2.49. The van der Waals surface area contributed by atoms with E-state index in [1.54, 1.807) is 13.2 Å². The number of nitrogens with two attached hydrogens (primary N) is 1. The highest BCUT2D eigenvalue weighted by Crippen LogP contribution is 2.66. The number of hydrogen-bond acceptors (Lipinski definition) is 16. The van der Waals surface area contributed by atoms with Crippen LogP contribution < -0.4 is 35.9 Å². The summed E-state index contributed by atoms with van der Waals surface area (Å²) in [5, 5.41) is 59.8. The first-order chi connectivity index (χ1) is 47.4. The number of phenolic OH excluding ortho intramolecular Hbond substituents is 2. The number of esters is 1. The number of nitrogens with one attached hydrogen (secondary N) is 3. The zero-order valence-corrected chi connectivity index (χ0v) is 57.2. The number of carbonyl (C=O) groups is 1. The maximum atomic E-state index is 14.1. The number of allylic oxidation sites excluding steroid dienone is 3. The van der Waals surface area contributed by atoms with E-state index in [1.165, 1.54) is 30.0 Å². The van der Waals surface area contributed by atoms with Gasteiger partial charge in [0.1, 0.15) is 42.0 Å². The summed E-state index contributed by atoms with van der Waals surface area (Å²) in [6.45, 7) is 1.58. The van der Waals surface area contributed by atoms with Crippen molar-refractivity contribution in [3.05, 3.63) is 164 Å². The number of dihydropyridines is 1. The molecule has 0 amide bonds. The number of benzene rings is 5. The van der Waals surface area contributed by atoms with E-state index in [1.807, 2.05) is 27.7 Å². The largest absolute Gasteiger partial charge is 0.508 e. The van der Waals surface area contributed by atoms with Crippen molar-refractivity contribution >= 4 is 33.6 Å². The Balaban J connectivity index is 1.03. The fourth-order valence-corrected chi connectivity index (χ4v) is 23.1. The monoisotopic (exact) mass is 1340 g/mol. The van der Waals surface area contributed by atoms with Crippen molar-refractivity contribution in [1.29, 1.82) is 0 Å². The Morgan fingerprint density at radius 1 is 0.887 bits per heavy atom. The van der Waals surface area contributed by atoms with Crippen LogP contribution in [0.25, 0.3) is 17.2 Å². The summed E-state index contributed by atoms with van der Waals surface area (Å²) >= 11 is 0. The average Bonchev–Trinajstić information content (AvgIpc) is 1.34. The summed E-state index contributed by atoms with van der Waals surface area (Å²) in [6, 6.07) is 27.8. The molecule has 9 N–H and O–H groups in total. The van der Waals surface area contributed by atoms with E-state index < -0.39 is 48.4 Å². The van der Waals surface area contributed by atoms with Crippen molar-refractivity contribution in [3.8, 4) is 63.6 Å². The zero-order chi connectivity index (χ0) is 66.1. The van der Waals surface area contributed by atoms with Gasteiger partial charge in [0.25, 0.3) is 0 Å². The lowest BCUT2D eigenvalue weighted by atomic mass is 9.55. The minimum atomic E-state index is -0.901. The van der Waals surface area contributed by atoms with Crippen LogP contribution in [0.4, 0.5) is 0 Å². The molecule has 6 heterocycles. The van der Waals surface area contributed by atoms with Crippen LogP contribution in [-0.2, 0) is 50.9 Å². The van der Waals surface area contributed by atoms with Gasteiger partial charge in [-0.3, -0.25) is 4.79 Å². The summed E-state index contributed by atoms with van der Waals surface area (Å²) in [5.74, 6) is 16.1. The molecular formula is C81H90N4O10S2. The molecule has 14 nitrogen and oxygen atoms in total. The Hall–Kier alpha value is -6.83. The smallest absolute Gasteiger partial charge is 0.302 e. The molecule has 3 saturated carbocycles. The van der Waals surface area contributed by atoms with E-state index in [2.05, 4.69) is 131 Å². The normalized spacial score (nSPS) is 31.5. The van der Waals surface area contributed by atoms with Gasteiger partial charge in [-0.2, -0.15) is 0 Å². The van der Waals surface area contributed by atoms with Crippen LogP contribution in [0.1, 0.15) is 158 Å². The Labute approximate surface area is 578 Å². The molecule has 5 aromatic carbocycles. The number of aliphatic hydroxyl groups excluding tert-OH is 2. The highest BCUT2D eigenvalue weighted by atomic mass is 33.1. The van der Waals surface area contributed by atoms with E-state index in [4.69, 9.17) is 29.4 Å². The van der Waals surface area contributed by atoms with Crippen LogP contribution in [0.15, 0.2) is 108 Å². The van der Waals surface area contributed by atoms with Gasteiger partial charge in [-0.25, -0.2) is 0 Å². The van der Waals surface area contributed by atoms with Crippen LogP contribution in [-0.4, -0.2) is 102 Å². The molecule has 97 heavy (non-hydrogen) atoms. The summed E-state index contributed by atoms with van der Waals surface area (Å²) in [5.41, 5.74) is 19.0. The molecular weight excluding hydrogens is 1250 g/mol. The minimum Gasteiger partial charge on any atom is -0.508 e. The third-order valence-electron chi connectivity index (χ3n) is 24.0. The predicted molar refractivity (Wildman–Crippen MR) is 380 cm³/mol. The fourth-order valence-electron chi connectivity index (χ4n) is 19.9. The van der Waals surface area contributed by atoms with E-state index >= 15 is 0 Å². The van der Waals surface area contributed by atoms with Crippen molar-refractivity contribution in [1.82, 2.24) is 16.0 Å². The second-order valence-electron chi connectivity index (χ2n) is 29.7. The van der Waals surface area contributed by atoms with Gasteiger partial charge >= 0.3 is 5.97 Å². The van der Waals surface area contributed by atoms with Crippen molar-refractivity contribution < 1.29 is 48.9 Å².